The molecule has 1 heterocycles. The molecule has 7 atom stereocenters. The third-order valence-electron chi connectivity index (χ3n) is 11.7. The predicted molar refractivity (Wildman–Crippen MR) is 228 cm³/mol. The molecule has 0 amide bonds. The maximum absolute atomic E-state index is 12.9. The highest BCUT2D eigenvalue weighted by Crippen LogP contribution is 2.53. The summed E-state index contributed by atoms with van der Waals surface area (Å²) < 4.78 is 32.8. The number of esters is 3. The molecule has 2 fully saturated rings. The van der Waals surface area contributed by atoms with Gasteiger partial charge in [-0.15, -0.1) is 0 Å². The SMILES string of the molecule is CCOC(=O)C(C)Oc1ccc(-c2nc(-c3ccc(OC(C)C(=O)OCC)cc3O)nc(-c3ccc(OC(C)C(=O)OCCCC4CC(CC)C5CCCC45)cc3O)n2)c(O)c1. The summed E-state index contributed by atoms with van der Waals surface area (Å²) in [4.78, 5) is 50.9. The quantitative estimate of drug-likeness (QED) is 0.0462. The van der Waals surface area contributed by atoms with Crippen LogP contribution in [0.3, 0.4) is 0 Å². The fourth-order valence-corrected chi connectivity index (χ4v) is 8.70. The highest BCUT2D eigenvalue weighted by molar-refractivity contribution is 5.77. The Morgan fingerprint density at radius 1 is 0.597 bits per heavy atom. The molecule has 0 aliphatic heterocycles. The zero-order chi connectivity index (χ0) is 44.5. The summed E-state index contributed by atoms with van der Waals surface area (Å²) in [6.45, 7) is 11.0. The topological polar surface area (TPSA) is 206 Å². The minimum atomic E-state index is -0.950. The van der Waals surface area contributed by atoms with E-state index < -0.39 is 36.2 Å². The first-order valence-electron chi connectivity index (χ1n) is 21.6. The highest BCUT2D eigenvalue weighted by atomic mass is 16.6. The summed E-state index contributed by atoms with van der Waals surface area (Å²) in [6.07, 6.45) is 5.53. The Morgan fingerprint density at radius 2 is 0.984 bits per heavy atom. The molecule has 0 bridgehead atoms. The standard InChI is InChI=1S/C47H57N3O12/c1-7-29-22-30(35-14-10-13-34(29)35)12-11-21-59-47(56)28(6)62-33-17-20-38(41(53)25-33)44-49-42(36-18-15-31(23-39(36)51)60-26(4)45(54)57-8-2)48-43(50-44)37-19-16-32(24-40(37)52)61-27(5)46(55)58-9-3/h15-20,23-30,34-35,51-53H,7-14,21-22H2,1-6H3. The lowest BCUT2D eigenvalue weighted by molar-refractivity contribution is -0.151. The second-order valence-corrected chi connectivity index (χ2v) is 15.9. The normalized spacial score (nSPS) is 19.5. The summed E-state index contributed by atoms with van der Waals surface area (Å²) in [5, 5.41) is 33.6. The zero-order valence-corrected chi connectivity index (χ0v) is 36.2. The predicted octanol–water partition coefficient (Wildman–Crippen LogP) is 8.20. The number of carbonyl (C=O) groups excluding carboxylic acids is 3. The number of phenolic OH excluding ortho intramolecular Hbond substituents is 3. The van der Waals surface area contributed by atoms with Gasteiger partial charge in [0.15, 0.2) is 35.8 Å². The van der Waals surface area contributed by atoms with Crippen molar-refractivity contribution in [2.24, 2.45) is 23.7 Å². The Balaban J connectivity index is 1.20. The molecule has 15 nitrogen and oxygen atoms in total. The average Bonchev–Trinajstić information content (AvgIpc) is 3.86. The first-order chi connectivity index (χ1) is 29.8. The van der Waals surface area contributed by atoms with Gasteiger partial charge in [0.1, 0.15) is 34.5 Å². The number of hydrogen-bond acceptors (Lipinski definition) is 15. The van der Waals surface area contributed by atoms with Crippen LogP contribution in [-0.4, -0.2) is 86.3 Å². The van der Waals surface area contributed by atoms with Crippen LogP contribution < -0.4 is 14.2 Å². The Morgan fingerprint density at radius 3 is 1.35 bits per heavy atom. The average molecular weight is 856 g/mol. The zero-order valence-electron chi connectivity index (χ0n) is 36.2. The molecule has 3 aromatic carbocycles. The first kappa shape index (κ1) is 45.4. The number of carbonyl (C=O) groups is 3. The molecule has 0 saturated heterocycles. The lowest BCUT2D eigenvalue weighted by Crippen LogP contribution is -2.26. The number of ether oxygens (including phenoxy) is 6. The molecular formula is C47H57N3O12. The van der Waals surface area contributed by atoms with Crippen LogP contribution in [0.4, 0.5) is 0 Å². The van der Waals surface area contributed by atoms with Crippen molar-refractivity contribution in [1.29, 1.82) is 0 Å². The molecule has 0 radical (unpaired) electrons. The van der Waals surface area contributed by atoms with E-state index in [2.05, 4.69) is 21.9 Å². The molecule has 7 unspecified atom stereocenters. The van der Waals surface area contributed by atoms with Crippen molar-refractivity contribution in [3.63, 3.8) is 0 Å². The van der Waals surface area contributed by atoms with Gasteiger partial charge < -0.3 is 43.7 Å². The van der Waals surface area contributed by atoms with E-state index >= 15 is 0 Å². The van der Waals surface area contributed by atoms with Gasteiger partial charge in [0, 0.05) is 18.2 Å². The van der Waals surface area contributed by atoms with Crippen LogP contribution in [0.2, 0.25) is 0 Å². The largest absolute Gasteiger partial charge is 0.507 e. The second kappa shape index (κ2) is 20.6. The Hall–Kier alpha value is -6.12. The third kappa shape index (κ3) is 10.8. The first-order valence-corrected chi connectivity index (χ1v) is 21.6. The number of aromatic nitrogens is 3. The summed E-state index contributed by atoms with van der Waals surface area (Å²) in [5.74, 6) is 1.08. The van der Waals surface area contributed by atoms with Crippen LogP contribution in [0.1, 0.15) is 86.5 Å². The van der Waals surface area contributed by atoms with Gasteiger partial charge in [0.2, 0.25) is 0 Å². The molecule has 15 heteroatoms. The van der Waals surface area contributed by atoms with Crippen LogP contribution in [0, 0.1) is 23.7 Å². The van der Waals surface area contributed by atoms with Crippen LogP contribution in [0.25, 0.3) is 34.2 Å². The molecular weight excluding hydrogens is 799 g/mol. The van der Waals surface area contributed by atoms with Crippen molar-refractivity contribution in [2.45, 2.75) is 105 Å². The van der Waals surface area contributed by atoms with Crippen LogP contribution in [0.5, 0.6) is 34.5 Å². The van der Waals surface area contributed by atoms with E-state index in [4.69, 9.17) is 28.4 Å². The van der Waals surface area contributed by atoms with Gasteiger partial charge >= 0.3 is 17.9 Å². The van der Waals surface area contributed by atoms with Gasteiger partial charge in [-0.3, -0.25) is 0 Å². The Labute approximate surface area is 361 Å². The Kier molecular flexibility index (Phi) is 15.1. The summed E-state index contributed by atoms with van der Waals surface area (Å²) in [7, 11) is 0. The maximum Gasteiger partial charge on any atom is 0.347 e. The molecule has 62 heavy (non-hydrogen) atoms. The summed E-state index contributed by atoms with van der Waals surface area (Å²) in [5.41, 5.74) is 0.415. The third-order valence-corrected chi connectivity index (χ3v) is 11.7. The van der Waals surface area contributed by atoms with Crippen LogP contribution in [0.15, 0.2) is 54.6 Å². The van der Waals surface area contributed by atoms with Crippen LogP contribution >= 0.6 is 0 Å². The number of benzene rings is 3. The van der Waals surface area contributed by atoms with Crippen molar-refractivity contribution < 1.29 is 58.1 Å². The van der Waals surface area contributed by atoms with E-state index in [9.17, 15) is 29.7 Å². The number of aromatic hydroxyl groups is 3. The van der Waals surface area contributed by atoms with Gasteiger partial charge in [-0.2, -0.15) is 0 Å². The maximum atomic E-state index is 12.9. The van der Waals surface area contributed by atoms with Crippen molar-refractivity contribution in [3.8, 4) is 68.7 Å². The number of rotatable bonds is 19. The minimum absolute atomic E-state index is 0.0377. The highest BCUT2D eigenvalue weighted by Gasteiger charge is 2.44. The molecule has 3 N–H and O–H groups in total. The van der Waals surface area contributed by atoms with Gasteiger partial charge in [0.25, 0.3) is 0 Å². The monoisotopic (exact) mass is 855 g/mol. The van der Waals surface area contributed by atoms with Crippen LogP contribution in [-0.2, 0) is 28.6 Å². The van der Waals surface area contributed by atoms with Gasteiger partial charge in [0.05, 0.1) is 36.5 Å². The second-order valence-electron chi connectivity index (χ2n) is 15.9. The number of nitrogens with zero attached hydrogens (tertiary/aromatic N) is 3. The van der Waals surface area contributed by atoms with Crippen molar-refractivity contribution in [1.82, 2.24) is 15.0 Å². The Bertz CT molecular complexity index is 2120. The molecule has 2 aliphatic carbocycles. The number of fused-ring (bicyclic) bond motifs is 1. The van der Waals surface area contributed by atoms with Crippen molar-refractivity contribution in [3.05, 3.63) is 54.6 Å². The van der Waals surface area contributed by atoms with E-state index in [-0.39, 0.29) is 81.9 Å². The van der Waals surface area contributed by atoms with E-state index in [1.807, 2.05) is 0 Å². The van der Waals surface area contributed by atoms with Gasteiger partial charge in [-0.05, 0) is 127 Å². The van der Waals surface area contributed by atoms with Gasteiger partial charge in [-0.25, -0.2) is 29.3 Å². The number of hydrogen-bond donors (Lipinski definition) is 3. The number of phenols is 3. The van der Waals surface area contributed by atoms with E-state index in [1.165, 1.54) is 94.5 Å². The molecule has 2 saturated carbocycles. The smallest absolute Gasteiger partial charge is 0.347 e. The van der Waals surface area contributed by atoms with Crippen molar-refractivity contribution >= 4 is 17.9 Å². The minimum Gasteiger partial charge on any atom is -0.507 e. The molecule has 4 aromatic rings. The lowest BCUT2D eigenvalue weighted by atomic mass is 9.88. The fourth-order valence-electron chi connectivity index (χ4n) is 8.70. The van der Waals surface area contributed by atoms with E-state index in [0.29, 0.717) is 12.5 Å². The fraction of sp³-hybridized carbons (Fsp3) is 0.489. The molecule has 0 spiro atoms. The van der Waals surface area contributed by atoms with Crippen molar-refractivity contribution in [2.75, 3.05) is 19.8 Å². The van der Waals surface area contributed by atoms with E-state index in [0.717, 1.165) is 30.6 Å². The molecule has 2 aliphatic rings. The molecule has 332 valence electrons. The van der Waals surface area contributed by atoms with E-state index in [1.54, 1.807) is 26.8 Å². The molecule has 1 aromatic heterocycles. The van der Waals surface area contributed by atoms with Gasteiger partial charge in [-0.1, -0.05) is 19.8 Å². The molecule has 6 rings (SSSR count). The summed E-state index contributed by atoms with van der Waals surface area (Å²) in [6, 6.07) is 13.0. The summed E-state index contributed by atoms with van der Waals surface area (Å²) >= 11 is 0. The lowest BCUT2D eigenvalue weighted by Gasteiger charge is -2.19.